The first-order chi connectivity index (χ1) is 10.0. The van der Waals surface area contributed by atoms with E-state index in [0.29, 0.717) is 27.2 Å². The van der Waals surface area contributed by atoms with Crippen molar-refractivity contribution < 1.29 is 8.78 Å². The summed E-state index contributed by atoms with van der Waals surface area (Å²) in [6.07, 6.45) is 0.877. The van der Waals surface area contributed by atoms with Crippen LogP contribution in [0.25, 0.3) is 0 Å². The highest BCUT2D eigenvalue weighted by Crippen LogP contribution is 2.31. The number of hydrogen-bond donors (Lipinski definition) is 1. The van der Waals surface area contributed by atoms with Gasteiger partial charge in [0.15, 0.2) is 0 Å². The van der Waals surface area contributed by atoms with Crippen molar-refractivity contribution in [3.8, 4) is 0 Å². The molecule has 0 aromatic heterocycles. The van der Waals surface area contributed by atoms with Gasteiger partial charge in [0.1, 0.15) is 11.6 Å². The van der Waals surface area contributed by atoms with Gasteiger partial charge in [-0.3, -0.25) is 0 Å². The molecule has 0 saturated carbocycles. The van der Waals surface area contributed by atoms with Gasteiger partial charge < -0.3 is 5.32 Å². The molecule has 2 rings (SSSR count). The van der Waals surface area contributed by atoms with Gasteiger partial charge in [0.2, 0.25) is 0 Å². The van der Waals surface area contributed by atoms with Crippen molar-refractivity contribution in [2.24, 2.45) is 0 Å². The maximum absolute atomic E-state index is 14.2. The minimum atomic E-state index is -0.485. The molecule has 0 heterocycles. The Kier molecular flexibility index (Phi) is 5.73. The summed E-state index contributed by atoms with van der Waals surface area (Å²) in [6, 6.07) is 8.46. The van der Waals surface area contributed by atoms with Gasteiger partial charge in [0.05, 0.1) is 6.04 Å². The summed E-state index contributed by atoms with van der Waals surface area (Å²) in [5, 5.41) is 3.63. The molecule has 0 saturated heterocycles. The van der Waals surface area contributed by atoms with Crippen LogP contribution in [0, 0.1) is 11.6 Å². The Morgan fingerprint density at radius 3 is 2.57 bits per heavy atom. The molecule has 1 atom stereocenters. The first-order valence-corrected chi connectivity index (χ1v) is 7.83. The molecule has 2 aromatic carbocycles. The molecule has 1 unspecified atom stereocenters. The predicted octanol–water partition coefficient (Wildman–Crippen LogP) is 5.47. The molecule has 0 aliphatic carbocycles. The third-order valence-corrected chi connectivity index (χ3v) is 3.98. The van der Waals surface area contributed by atoms with Gasteiger partial charge in [-0.1, -0.05) is 40.5 Å². The maximum atomic E-state index is 14.2. The fourth-order valence-electron chi connectivity index (χ4n) is 2.15. The molecule has 21 heavy (non-hydrogen) atoms. The summed E-state index contributed by atoms with van der Waals surface area (Å²) in [7, 11) is 0. The average molecular weight is 375 g/mol. The lowest BCUT2D eigenvalue weighted by atomic mass is 9.97. The molecule has 5 heteroatoms. The van der Waals surface area contributed by atoms with Gasteiger partial charge in [-0.25, -0.2) is 8.78 Å². The SMILES string of the molecule is CCCNC(c1ccc(Br)cc1F)c1cc(F)ccc1Cl. The van der Waals surface area contributed by atoms with Crippen molar-refractivity contribution >= 4 is 27.5 Å². The van der Waals surface area contributed by atoms with E-state index in [1.807, 2.05) is 6.92 Å². The predicted molar refractivity (Wildman–Crippen MR) is 85.6 cm³/mol. The van der Waals surface area contributed by atoms with Gasteiger partial charge in [0.25, 0.3) is 0 Å². The maximum Gasteiger partial charge on any atom is 0.129 e. The molecular formula is C16H15BrClF2N. The molecule has 0 bridgehead atoms. The Morgan fingerprint density at radius 2 is 1.90 bits per heavy atom. The van der Waals surface area contributed by atoms with Gasteiger partial charge in [-0.15, -0.1) is 0 Å². The Bertz CT molecular complexity index is 634. The smallest absolute Gasteiger partial charge is 0.129 e. The zero-order chi connectivity index (χ0) is 15.4. The van der Waals surface area contributed by atoms with Gasteiger partial charge in [0, 0.05) is 15.1 Å². The Balaban J connectivity index is 2.49. The van der Waals surface area contributed by atoms with Crippen LogP contribution < -0.4 is 5.32 Å². The van der Waals surface area contributed by atoms with Crippen LogP contribution >= 0.6 is 27.5 Å². The molecule has 0 spiro atoms. The largest absolute Gasteiger partial charge is 0.306 e. The zero-order valence-corrected chi connectivity index (χ0v) is 13.8. The highest BCUT2D eigenvalue weighted by atomic mass is 79.9. The van der Waals surface area contributed by atoms with E-state index < -0.39 is 11.9 Å². The van der Waals surface area contributed by atoms with Crippen molar-refractivity contribution in [1.29, 1.82) is 0 Å². The number of halogens is 4. The summed E-state index contributed by atoms with van der Waals surface area (Å²) in [4.78, 5) is 0. The van der Waals surface area contributed by atoms with Crippen molar-refractivity contribution in [3.63, 3.8) is 0 Å². The number of hydrogen-bond acceptors (Lipinski definition) is 1. The van der Waals surface area contributed by atoms with Gasteiger partial charge in [-0.05, 0) is 48.9 Å². The molecule has 112 valence electrons. The highest BCUT2D eigenvalue weighted by molar-refractivity contribution is 9.10. The van der Waals surface area contributed by atoms with E-state index in [-0.39, 0.29) is 5.82 Å². The second-order valence-electron chi connectivity index (χ2n) is 4.72. The van der Waals surface area contributed by atoms with Crippen LogP contribution in [0.5, 0.6) is 0 Å². The van der Waals surface area contributed by atoms with E-state index in [9.17, 15) is 8.78 Å². The number of rotatable bonds is 5. The van der Waals surface area contributed by atoms with Crippen molar-refractivity contribution in [3.05, 3.63) is 68.7 Å². The highest BCUT2D eigenvalue weighted by Gasteiger charge is 2.20. The number of benzene rings is 2. The third-order valence-electron chi connectivity index (χ3n) is 3.14. The molecular weight excluding hydrogens is 360 g/mol. The third kappa shape index (κ3) is 4.02. The molecule has 0 radical (unpaired) electrons. The van der Waals surface area contributed by atoms with Crippen LogP contribution in [0.2, 0.25) is 5.02 Å². The standard InChI is InChI=1S/C16H15BrClF2N/c1-2-7-21-16(12-5-3-10(17)8-15(12)20)13-9-11(19)4-6-14(13)18/h3-6,8-9,16,21H,2,7H2,1H3. The first-order valence-electron chi connectivity index (χ1n) is 6.66. The van der Waals surface area contributed by atoms with Crippen molar-refractivity contribution in [2.75, 3.05) is 6.54 Å². The first kappa shape index (κ1) is 16.4. The molecule has 0 fully saturated rings. The van der Waals surface area contributed by atoms with Crippen molar-refractivity contribution in [1.82, 2.24) is 5.32 Å². The summed E-state index contributed by atoms with van der Waals surface area (Å²) < 4.78 is 28.4. The summed E-state index contributed by atoms with van der Waals surface area (Å²) in [5.41, 5.74) is 0.977. The molecule has 0 amide bonds. The normalized spacial score (nSPS) is 12.4. The van der Waals surface area contributed by atoms with Crippen LogP contribution in [-0.4, -0.2) is 6.54 Å². The summed E-state index contributed by atoms with van der Waals surface area (Å²) in [5.74, 6) is -0.756. The minimum Gasteiger partial charge on any atom is -0.306 e. The lowest BCUT2D eigenvalue weighted by molar-refractivity contribution is 0.542. The fourth-order valence-corrected chi connectivity index (χ4v) is 2.71. The van der Waals surface area contributed by atoms with Crippen molar-refractivity contribution in [2.45, 2.75) is 19.4 Å². The van der Waals surface area contributed by atoms with Gasteiger partial charge in [-0.2, -0.15) is 0 Å². The van der Waals surface area contributed by atoms with Crippen LogP contribution in [0.3, 0.4) is 0 Å². The quantitative estimate of drug-likeness (QED) is 0.732. The van der Waals surface area contributed by atoms with Crippen LogP contribution in [-0.2, 0) is 0 Å². The Labute approximate surface area is 136 Å². The van der Waals surface area contributed by atoms with Gasteiger partial charge >= 0.3 is 0 Å². The van der Waals surface area contributed by atoms with E-state index in [4.69, 9.17) is 11.6 Å². The molecule has 1 N–H and O–H groups in total. The fraction of sp³-hybridized carbons (Fsp3) is 0.250. The minimum absolute atomic E-state index is 0.363. The molecule has 0 aliphatic heterocycles. The van der Waals surface area contributed by atoms with E-state index >= 15 is 0 Å². The molecule has 1 nitrogen and oxygen atoms in total. The summed E-state index contributed by atoms with van der Waals surface area (Å²) >= 11 is 9.40. The summed E-state index contributed by atoms with van der Waals surface area (Å²) in [6.45, 7) is 2.68. The topological polar surface area (TPSA) is 12.0 Å². The second-order valence-corrected chi connectivity index (χ2v) is 6.04. The lowest BCUT2D eigenvalue weighted by Crippen LogP contribution is -2.24. The van der Waals surface area contributed by atoms with E-state index in [1.54, 1.807) is 12.1 Å². The Hall–Kier alpha value is -0.970. The lowest BCUT2D eigenvalue weighted by Gasteiger charge is -2.21. The monoisotopic (exact) mass is 373 g/mol. The zero-order valence-electron chi connectivity index (χ0n) is 11.5. The average Bonchev–Trinajstić information content (AvgIpc) is 2.44. The van der Waals surface area contributed by atoms with E-state index in [0.717, 1.165) is 6.42 Å². The second kappa shape index (κ2) is 7.34. The number of nitrogens with one attached hydrogen (secondary N) is 1. The van der Waals surface area contributed by atoms with Crippen LogP contribution in [0.1, 0.15) is 30.5 Å². The van der Waals surface area contributed by atoms with Crippen LogP contribution in [0.4, 0.5) is 8.78 Å². The molecule has 2 aromatic rings. The van der Waals surface area contributed by atoms with E-state index in [1.165, 1.54) is 24.3 Å². The Morgan fingerprint density at radius 1 is 1.14 bits per heavy atom. The van der Waals surface area contributed by atoms with E-state index in [2.05, 4.69) is 21.2 Å². The van der Waals surface area contributed by atoms with Crippen LogP contribution in [0.15, 0.2) is 40.9 Å². The molecule has 0 aliphatic rings.